The van der Waals surface area contributed by atoms with Crippen molar-refractivity contribution in [3.63, 3.8) is 0 Å². The third-order valence-corrected chi connectivity index (χ3v) is 4.16. The Hall–Kier alpha value is -3.86. The molecule has 2 N–H and O–H groups in total. The number of carbonyl (C=O) groups is 1. The van der Waals surface area contributed by atoms with Gasteiger partial charge in [0.05, 0.1) is 0 Å². The molecule has 5 heteroatoms. The van der Waals surface area contributed by atoms with Crippen molar-refractivity contribution in [2.45, 2.75) is 0 Å². The van der Waals surface area contributed by atoms with E-state index in [0.717, 1.165) is 11.4 Å². The number of furan rings is 1. The van der Waals surface area contributed by atoms with Gasteiger partial charge in [-0.3, -0.25) is 4.79 Å². The van der Waals surface area contributed by atoms with E-state index < -0.39 is 0 Å². The largest absolute Gasteiger partial charge is 0.451 e. The van der Waals surface area contributed by atoms with Gasteiger partial charge in [0.1, 0.15) is 11.6 Å². The van der Waals surface area contributed by atoms with Gasteiger partial charge in [-0.2, -0.15) is 0 Å². The number of amides is 1. The summed E-state index contributed by atoms with van der Waals surface area (Å²) in [6.07, 6.45) is 0. The topological polar surface area (TPSA) is 54.3 Å². The number of anilines is 3. The fourth-order valence-electron chi connectivity index (χ4n) is 2.75. The molecule has 0 radical (unpaired) electrons. The van der Waals surface area contributed by atoms with Crippen molar-refractivity contribution in [1.29, 1.82) is 0 Å². The molecule has 28 heavy (non-hydrogen) atoms. The van der Waals surface area contributed by atoms with Crippen LogP contribution in [-0.4, -0.2) is 5.91 Å². The number of carbonyl (C=O) groups excluding carboxylic acids is 1. The fraction of sp³-hybridized carbons (Fsp3) is 0. The van der Waals surface area contributed by atoms with Crippen LogP contribution in [0.1, 0.15) is 10.6 Å². The molecule has 4 nitrogen and oxygen atoms in total. The molecule has 0 saturated heterocycles. The molecule has 0 spiro atoms. The summed E-state index contributed by atoms with van der Waals surface area (Å²) in [5.41, 5.74) is 3.27. The molecule has 4 aromatic rings. The maximum Gasteiger partial charge on any atom is 0.291 e. The number of halogens is 1. The van der Waals surface area contributed by atoms with E-state index in [1.807, 2.05) is 54.6 Å². The molecule has 0 unspecified atom stereocenters. The van der Waals surface area contributed by atoms with Crippen LogP contribution in [-0.2, 0) is 0 Å². The van der Waals surface area contributed by atoms with Crippen LogP contribution in [0, 0.1) is 5.82 Å². The smallest absolute Gasteiger partial charge is 0.291 e. The van der Waals surface area contributed by atoms with E-state index in [2.05, 4.69) is 10.6 Å². The Morgan fingerprint density at radius 1 is 0.714 bits per heavy atom. The second-order valence-electron chi connectivity index (χ2n) is 6.19. The molecule has 1 heterocycles. The first-order valence-electron chi connectivity index (χ1n) is 8.77. The molecule has 0 aliphatic heterocycles. The first-order valence-corrected chi connectivity index (χ1v) is 8.77. The summed E-state index contributed by atoms with van der Waals surface area (Å²) in [5.74, 6) is 0.0222. The summed E-state index contributed by atoms with van der Waals surface area (Å²) in [4.78, 5) is 12.4. The summed E-state index contributed by atoms with van der Waals surface area (Å²) in [7, 11) is 0. The molecule has 0 atom stereocenters. The zero-order valence-corrected chi connectivity index (χ0v) is 14.9. The second kappa shape index (κ2) is 7.80. The minimum atomic E-state index is -0.350. The zero-order chi connectivity index (χ0) is 19.3. The van der Waals surface area contributed by atoms with Crippen molar-refractivity contribution in [3.8, 4) is 11.3 Å². The average molecular weight is 372 g/mol. The minimum Gasteiger partial charge on any atom is -0.451 e. The Morgan fingerprint density at radius 2 is 1.36 bits per heavy atom. The van der Waals surface area contributed by atoms with E-state index in [-0.39, 0.29) is 17.5 Å². The lowest BCUT2D eigenvalue weighted by Crippen LogP contribution is -2.10. The van der Waals surface area contributed by atoms with Gasteiger partial charge in [0.15, 0.2) is 5.76 Å². The number of nitrogens with one attached hydrogen (secondary N) is 2. The van der Waals surface area contributed by atoms with Gasteiger partial charge >= 0.3 is 0 Å². The van der Waals surface area contributed by atoms with Gasteiger partial charge in [-0.05, 0) is 72.8 Å². The lowest BCUT2D eigenvalue weighted by Gasteiger charge is -2.08. The van der Waals surface area contributed by atoms with Crippen molar-refractivity contribution in [2.75, 3.05) is 10.6 Å². The van der Waals surface area contributed by atoms with Gasteiger partial charge in [0.2, 0.25) is 0 Å². The molecule has 0 aliphatic carbocycles. The highest BCUT2D eigenvalue weighted by Gasteiger charge is 2.12. The lowest BCUT2D eigenvalue weighted by molar-refractivity contribution is 0.0997. The molecule has 1 amide bonds. The molecular formula is C23H17FN2O2. The van der Waals surface area contributed by atoms with E-state index >= 15 is 0 Å². The van der Waals surface area contributed by atoms with E-state index in [1.54, 1.807) is 24.3 Å². The Kier molecular flexibility index (Phi) is 4.89. The third-order valence-electron chi connectivity index (χ3n) is 4.16. The van der Waals surface area contributed by atoms with Crippen LogP contribution < -0.4 is 10.6 Å². The van der Waals surface area contributed by atoms with Crippen LogP contribution in [0.25, 0.3) is 11.3 Å². The van der Waals surface area contributed by atoms with Crippen molar-refractivity contribution >= 4 is 23.0 Å². The molecule has 0 aliphatic rings. The normalized spacial score (nSPS) is 10.5. The van der Waals surface area contributed by atoms with Crippen LogP contribution in [0.15, 0.2) is 95.4 Å². The molecule has 4 rings (SSSR count). The Bertz CT molecular complexity index is 1070. The highest BCUT2D eigenvalue weighted by Crippen LogP contribution is 2.24. The third kappa shape index (κ3) is 4.10. The van der Waals surface area contributed by atoms with Crippen molar-refractivity contribution < 1.29 is 13.6 Å². The predicted molar refractivity (Wildman–Crippen MR) is 108 cm³/mol. The number of benzene rings is 3. The predicted octanol–water partition coefficient (Wildman–Crippen LogP) is 6.08. The van der Waals surface area contributed by atoms with Crippen molar-refractivity contribution in [3.05, 3.63) is 103 Å². The molecule has 0 bridgehead atoms. The van der Waals surface area contributed by atoms with Gasteiger partial charge in [-0.25, -0.2) is 4.39 Å². The van der Waals surface area contributed by atoms with E-state index in [1.165, 1.54) is 12.1 Å². The van der Waals surface area contributed by atoms with Crippen LogP contribution in [0.5, 0.6) is 0 Å². The first kappa shape index (κ1) is 17.5. The van der Waals surface area contributed by atoms with Gasteiger partial charge < -0.3 is 15.1 Å². The molecule has 0 fully saturated rings. The van der Waals surface area contributed by atoms with Crippen molar-refractivity contribution in [1.82, 2.24) is 0 Å². The molecule has 3 aromatic carbocycles. The zero-order valence-electron chi connectivity index (χ0n) is 14.9. The van der Waals surface area contributed by atoms with Crippen LogP contribution >= 0.6 is 0 Å². The van der Waals surface area contributed by atoms with Gasteiger partial charge in [0, 0.05) is 22.6 Å². The Balaban J connectivity index is 1.41. The molecular weight excluding hydrogens is 355 g/mol. The average Bonchev–Trinajstić information content (AvgIpc) is 3.21. The maximum absolute atomic E-state index is 13.0. The summed E-state index contributed by atoms with van der Waals surface area (Å²) in [6.45, 7) is 0. The summed E-state index contributed by atoms with van der Waals surface area (Å²) < 4.78 is 18.6. The van der Waals surface area contributed by atoms with Gasteiger partial charge in [-0.15, -0.1) is 0 Å². The first-order chi connectivity index (χ1) is 13.7. The number of rotatable bonds is 5. The lowest BCUT2D eigenvalue weighted by atomic mass is 10.2. The SMILES string of the molecule is O=C(Nc1ccc(Nc2ccccc2)cc1)c1ccc(-c2ccc(F)cc2)o1. The number of hydrogen-bond acceptors (Lipinski definition) is 3. The van der Waals surface area contributed by atoms with E-state index in [9.17, 15) is 9.18 Å². The quantitative estimate of drug-likeness (QED) is 0.446. The monoisotopic (exact) mass is 372 g/mol. The highest BCUT2D eigenvalue weighted by molar-refractivity contribution is 6.02. The number of para-hydroxylation sites is 1. The molecule has 138 valence electrons. The summed E-state index contributed by atoms with van der Waals surface area (Å²) in [6, 6.07) is 26.4. The van der Waals surface area contributed by atoms with E-state index in [0.29, 0.717) is 17.0 Å². The van der Waals surface area contributed by atoms with Crippen LogP contribution in [0.3, 0.4) is 0 Å². The summed E-state index contributed by atoms with van der Waals surface area (Å²) >= 11 is 0. The minimum absolute atomic E-state index is 0.186. The Morgan fingerprint density at radius 3 is 2.07 bits per heavy atom. The molecule has 1 aromatic heterocycles. The number of hydrogen-bond donors (Lipinski definition) is 2. The maximum atomic E-state index is 13.0. The standard InChI is InChI=1S/C23H17FN2O2/c24-17-8-6-16(7-9-17)21-14-15-22(28-21)23(27)26-20-12-10-19(11-13-20)25-18-4-2-1-3-5-18/h1-15,25H,(H,26,27). The molecule has 0 saturated carbocycles. The highest BCUT2D eigenvalue weighted by atomic mass is 19.1. The van der Waals surface area contributed by atoms with Crippen LogP contribution in [0.2, 0.25) is 0 Å². The van der Waals surface area contributed by atoms with E-state index in [4.69, 9.17) is 4.42 Å². The van der Waals surface area contributed by atoms with Crippen molar-refractivity contribution in [2.24, 2.45) is 0 Å². The van der Waals surface area contributed by atoms with Gasteiger partial charge in [-0.1, -0.05) is 18.2 Å². The van der Waals surface area contributed by atoms with Crippen LogP contribution in [0.4, 0.5) is 21.5 Å². The summed E-state index contributed by atoms with van der Waals surface area (Å²) in [5, 5.41) is 6.09. The second-order valence-corrected chi connectivity index (χ2v) is 6.19. The van der Waals surface area contributed by atoms with Gasteiger partial charge in [0.25, 0.3) is 5.91 Å². The Labute approximate surface area is 161 Å². The fourth-order valence-corrected chi connectivity index (χ4v) is 2.75.